The van der Waals surface area contributed by atoms with Gasteiger partial charge in [0.1, 0.15) is 11.4 Å². The monoisotopic (exact) mass is 462 g/mol. The van der Waals surface area contributed by atoms with E-state index in [0.717, 1.165) is 28.3 Å². The zero-order valence-corrected chi connectivity index (χ0v) is 20.9. The first-order valence-corrected chi connectivity index (χ1v) is 11.7. The summed E-state index contributed by atoms with van der Waals surface area (Å²) in [5.74, 6) is 0.832. The van der Waals surface area contributed by atoms with E-state index in [1.54, 1.807) is 0 Å². The number of hydrogen-bond donors (Lipinski definition) is 1. The predicted molar refractivity (Wildman–Crippen MR) is 135 cm³/mol. The second kappa shape index (κ2) is 9.14. The van der Waals surface area contributed by atoms with Crippen LogP contribution in [0.1, 0.15) is 48.7 Å². The number of benzene rings is 2. The van der Waals surface area contributed by atoms with Crippen molar-refractivity contribution in [3.63, 3.8) is 0 Å². The molecular weight excluding hydrogens is 428 g/mol. The topological polar surface area (TPSA) is 65.1 Å². The molecule has 0 aromatic heterocycles. The fourth-order valence-corrected chi connectivity index (χ4v) is 4.64. The number of carbonyl (C=O) groups excluding carboxylic acids is 2. The molecule has 2 aromatic carbocycles. The maximum atomic E-state index is 13.8. The molecule has 0 unspecified atom stereocenters. The molecular formula is C27H34N4O3. The van der Waals surface area contributed by atoms with Gasteiger partial charge in [0.2, 0.25) is 0 Å². The number of nitrogens with zero attached hydrogens (tertiary/aromatic N) is 3. The zero-order chi connectivity index (χ0) is 24.6. The Morgan fingerprint density at radius 2 is 1.76 bits per heavy atom. The number of hydrogen-bond acceptors (Lipinski definition) is 6. The Bertz CT molecular complexity index is 1150. The normalized spacial score (nSPS) is 15.8. The maximum absolute atomic E-state index is 13.8. The third kappa shape index (κ3) is 4.80. The minimum Gasteiger partial charge on any atom is -0.460 e. The molecule has 2 heterocycles. The van der Waals surface area contributed by atoms with Crippen LogP contribution in [0.5, 0.6) is 0 Å². The van der Waals surface area contributed by atoms with Gasteiger partial charge in [0.15, 0.2) is 0 Å². The molecule has 2 aliphatic heterocycles. The lowest BCUT2D eigenvalue weighted by Gasteiger charge is -2.29. The Morgan fingerprint density at radius 3 is 2.44 bits per heavy atom. The Morgan fingerprint density at radius 1 is 1.06 bits per heavy atom. The number of carbonyl (C=O) groups is 2. The highest BCUT2D eigenvalue weighted by atomic mass is 16.6. The van der Waals surface area contributed by atoms with Gasteiger partial charge in [-0.15, -0.1) is 0 Å². The van der Waals surface area contributed by atoms with Crippen LogP contribution in [0.3, 0.4) is 0 Å². The minimum absolute atomic E-state index is 0.0362. The number of nitrogens with one attached hydrogen (secondary N) is 1. The Balaban J connectivity index is 1.58. The van der Waals surface area contributed by atoms with Crippen LogP contribution in [0.2, 0.25) is 0 Å². The van der Waals surface area contributed by atoms with Crippen LogP contribution in [0.4, 0.5) is 11.4 Å². The fraction of sp³-hybridized carbons (Fsp3) is 0.407. The van der Waals surface area contributed by atoms with Crippen molar-refractivity contribution in [1.29, 1.82) is 0 Å². The number of amides is 1. The maximum Gasteiger partial charge on any atom is 0.306 e. The summed E-state index contributed by atoms with van der Waals surface area (Å²) in [4.78, 5) is 29.9. The molecule has 0 spiro atoms. The molecule has 2 aromatic rings. The lowest BCUT2D eigenvalue weighted by Crippen LogP contribution is -2.36. The first-order chi connectivity index (χ1) is 16.0. The van der Waals surface area contributed by atoms with Crippen LogP contribution in [0, 0.1) is 6.92 Å². The molecule has 0 aliphatic carbocycles. The number of hydrazine groups is 1. The van der Waals surface area contributed by atoms with Crippen LogP contribution in [-0.2, 0) is 16.0 Å². The standard InChI is InChI=1S/C27H34N4O3/c1-18-15-20(12-11-19(18)13-14-24(32)34-27(2,3)4)26(33)31-17-21-16-28-30(6)25(21)29(5)22-9-7-8-10-23(22)31/h7-12,15,28H,13-14,16-17H2,1-6H3. The van der Waals surface area contributed by atoms with Gasteiger partial charge >= 0.3 is 5.97 Å². The molecule has 0 fully saturated rings. The van der Waals surface area contributed by atoms with Crippen LogP contribution in [0.25, 0.3) is 0 Å². The van der Waals surface area contributed by atoms with Gasteiger partial charge in [-0.3, -0.25) is 14.6 Å². The second-order valence-electron chi connectivity index (χ2n) is 9.99. The van der Waals surface area contributed by atoms with E-state index < -0.39 is 5.60 Å². The number of aryl methyl sites for hydroxylation is 2. The van der Waals surface area contributed by atoms with Gasteiger partial charge < -0.3 is 14.5 Å². The number of para-hydroxylation sites is 2. The van der Waals surface area contributed by atoms with E-state index in [0.29, 0.717) is 31.5 Å². The summed E-state index contributed by atoms with van der Waals surface area (Å²) in [6.07, 6.45) is 0.898. The lowest BCUT2D eigenvalue weighted by molar-refractivity contribution is -0.154. The van der Waals surface area contributed by atoms with E-state index in [1.807, 2.05) is 94.2 Å². The molecule has 0 atom stereocenters. The summed E-state index contributed by atoms with van der Waals surface area (Å²) in [6.45, 7) is 8.82. The van der Waals surface area contributed by atoms with Gasteiger partial charge in [-0.1, -0.05) is 18.2 Å². The molecule has 34 heavy (non-hydrogen) atoms. The van der Waals surface area contributed by atoms with Crippen molar-refractivity contribution in [1.82, 2.24) is 10.4 Å². The van der Waals surface area contributed by atoms with E-state index in [4.69, 9.17) is 4.74 Å². The van der Waals surface area contributed by atoms with Gasteiger partial charge in [-0.25, -0.2) is 5.43 Å². The smallest absolute Gasteiger partial charge is 0.306 e. The SMILES string of the molecule is Cc1cc(C(=O)N2CC3=C(N(C)NC3)N(C)c3ccccc32)ccc1CCC(=O)OC(C)(C)C. The molecule has 0 saturated heterocycles. The average Bonchev–Trinajstić information content (AvgIpc) is 3.08. The van der Waals surface area contributed by atoms with Gasteiger partial charge in [0, 0.05) is 38.2 Å². The molecule has 0 bridgehead atoms. The van der Waals surface area contributed by atoms with E-state index in [9.17, 15) is 9.59 Å². The molecule has 4 rings (SSSR count). The van der Waals surface area contributed by atoms with Gasteiger partial charge in [-0.2, -0.15) is 0 Å². The summed E-state index contributed by atoms with van der Waals surface area (Å²) >= 11 is 0. The summed E-state index contributed by atoms with van der Waals surface area (Å²) < 4.78 is 5.42. The number of esters is 1. The van der Waals surface area contributed by atoms with Gasteiger partial charge in [0.05, 0.1) is 17.9 Å². The summed E-state index contributed by atoms with van der Waals surface area (Å²) in [5, 5.41) is 2.02. The first-order valence-electron chi connectivity index (χ1n) is 11.7. The highest BCUT2D eigenvalue weighted by Crippen LogP contribution is 2.37. The predicted octanol–water partition coefficient (Wildman–Crippen LogP) is 4.03. The van der Waals surface area contributed by atoms with Crippen molar-refractivity contribution < 1.29 is 14.3 Å². The molecule has 7 nitrogen and oxygen atoms in total. The Kier molecular flexibility index (Phi) is 6.41. The highest BCUT2D eigenvalue weighted by Gasteiger charge is 2.33. The van der Waals surface area contributed by atoms with Crippen molar-refractivity contribution in [3.8, 4) is 0 Å². The molecule has 1 amide bonds. The number of fused-ring (bicyclic) bond motifs is 1. The second-order valence-corrected chi connectivity index (χ2v) is 9.99. The molecule has 0 saturated carbocycles. The van der Waals surface area contributed by atoms with Crippen LogP contribution in [-0.4, -0.2) is 49.7 Å². The van der Waals surface area contributed by atoms with E-state index in [2.05, 4.69) is 10.3 Å². The summed E-state index contributed by atoms with van der Waals surface area (Å²) in [7, 11) is 4.04. The third-order valence-corrected chi connectivity index (χ3v) is 6.22. The molecule has 7 heteroatoms. The van der Waals surface area contributed by atoms with Crippen LogP contribution in [0.15, 0.2) is 53.9 Å². The molecule has 0 radical (unpaired) electrons. The van der Waals surface area contributed by atoms with Gasteiger partial charge in [0.25, 0.3) is 5.91 Å². The lowest BCUT2D eigenvalue weighted by atomic mass is 10.00. The first kappa shape index (κ1) is 23.8. The van der Waals surface area contributed by atoms with Gasteiger partial charge in [-0.05, 0) is 69.5 Å². The minimum atomic E-state index is -0.487. The van der Waals surface area contributed by atoms with E-state index in [-0.39, 0.29) is 11.9 Å². The number of ether oxygens (including phenoxy) is 1. The highest BCUT2D eigenvalue weighted by molar-refractivity contribution is 6.08. The van der Waals surface area contributed by atoms with Crippen molar-refractivity contribution in [2.45, 2.75) is 46.1 Å². The molecule has 180 valence electrons. The zero-order valence-electron chi connectivity index (χ0n) is 20.9. The molecule has 1 N–H and O–H groups in total. The molecule has 2 aliphatic rings. The van der Waals surface area contributed by atoms with Crippen molar-refractivity contribution in [2.75, 3.05) is 37.0 Å². The quantitative estimate of drug-likeness (QED) is 0.693. The van der Waals surface area contributed by atoms with Crippen LogP contribution >= 0.6 is 0 Å². The Hall–Kier alpha value is -3.32. The van der Waals surface area contributed by atoms with E-state index >= 15 is 0 Å². The van der Waals surface area contributed by atoms with E-state index in [1.165, 1.54) is 5.57 Å². The van der Waals surface area contributed by atoms with Crippen molar-refractivity contribution in [2.24, 2.45) is 0 Å². The van der Waals surface area contributed by atoms with Crippen molar-refractivity contribution >= 4 is 23.3 Å². The summed E-state index contributed by atoms with van der Waals surface area (Å²) in [5.41, 5.74) is 8.59. The number of rotatable bonds is 4. The Labute approximate surface area is 201 Å². The third-order valence-electron chi connectivity index (χ3n) is 6.22. The van der Waals surface area contributed by atoms with Crippen LogP contribution < -0.4 is 15.2 Å². The summed E-state index contributed by atoms with van der Waals surface area (Å²) in [6, 6.07) is 13.8. The largest absolute Gasteiger partial charge is 0.460 e. The average molecular weight is 463 g/mol. The van der Waals surface area contributed by atoms with Crippen molar-refractivity contribution in [3.05, 3.63) is 70.5 Å². The number of anilines is 2. The fourth-order valence-electron chi connectivity index (χ4n) is 4.64.